The van der Waals surface area contributed by atoms with E-state index in [9.17, 15) is 9.18 Å². The van der Waals surface area contributed by atoms with Crippen LogP contribution >= 0.6 is 0 Å². The largest absolute Gasteiger partial charge is 0.444 e. The predicted molar refractivity (Wildman–Crippen MR) is 113 cm³/mol. The molecule has 0 aliphatic carbocycles. The van der Waals surface area contributed by atoms with Crippen molar-refractivity contribution in [3.05, 3.63) is 24.0 Å². The molecule has 3 heterocycles. The average Bonchev–Trinajstić information content (AvgIpc) is 3.04. The first-order valence-electron chi connectivity index (χ1n) is 10.4. The maximum atomic E-state index is 14.5. The predicted octanol–water partition coefficient (Wildman–Crippen LogP) is 4.18. The molecule has 0 unspecified atom stereocenters. The number of hydrogen-bond acceptors (Lipinski definition) is 6. The molecule has 2 aromatic heterocycles. The number of imidazole rings is 1. The van der Waals surface area contributed by atoms with Crippen molar-refractivity contribution in [1.29, 1.82) is 0 Å². The summed E-state index contributed by atoms with van der Waals surface area (Å²) in [6.07, 6.45) is 4.01. The van der Waals surface area contributed by atoms with Crippen LogP contribution in [0.25, 0.3) is 11.4 Å². The molecule has 1 amide bonds. The SMILES string of the molecule is Cc1ncc(-c2nc(NC3CCN(C(=O)OC(C)(C)C)CC3)ncc2F)n1C(C)C. The second-order valence-electron chi connectivity index (χ2n) is 8.93. The van der Waals surface area contributed by atoms with Crippen LogP contribution in [0.3, 0.4) is 0 Å². The number of aromatic nitrogens is 4. The number of rotatable bonds is 4. The van der Waals surface area contributed by atoms with E-state index in [0.717, 1.165) is 18.7 Å². The molecule has 0 radical (unpaired) electrons. The number of carbonyl (C=O) groups is 1. The van der Waals surface area contributed by atoms with Crippen molar-refractivity contribution in [3.8, 4) is 11.4 Å². The number of anilines is 1. The molecule has 0 spiro atoms. The van der Waals surface area contributed by atoms with E-state index in [1.54, 1.807) is 11.1 Å². The average molecular weight is 419 g/mol. The third kappa shape index (κ3) is 5.06. The summed E-state index contributed by atoms with van der Waals surface area (Å²) in [5, 5.41) is 3.28. The van der Waals surface area contributed by atoms with Gasteiger partial charge in [-0.3, -0.25) is 0 Å². The van der Waals surface area contributed by atoms with E-state index >= 15 is 0 Å². The highest BCUT2D eigenvalue weighted by Gasteiger charge is 2.27. The summed E-state index contributed by atoms with van der Waals surface area (Å²) in [5.74, 6) is 0.695. The summed E-state index contributed by atoms with van der Waals surface area (Å²) in [6, 6.07) is 0.226. The molecular weight excluding hydrogens is 387 g/mol. The van der Waals surface area contributed by atoms with Crippen LogP contribution < -0.4 is 5.32 Å². The Morgan fingerprint density at radius 3 is 2.50 bits per heavy atom. The lowest BCUT2D eigenvalue weighted by molar-refractivity contribution is 0.0210. The van der Waals surface area contributed by atoms with E-state index < -0.39 is 11.4 Å². The monoisotopic (exact) mass is 418 g/mol. The fraction of sp³-hybridized carbons (Fsp3) is 0.619. The van der Waals surface area contributed by atoms with Gasteiger partial charge in [-0.15, -0.1) is 0 Å². The second-order valence-corrected chi connectivity index (χ2v) is 8.93. The van der Waals surface area contributed by atoms with Crippen LogP contribution in [-0.2, 0) is 4.74 Å². The summed E-state index contributed by atoms with van der Waals surface area (Å²) in [6.45, 7) is 12.7. The fourth-order valence-electron chi connectivity index (χ4n) is 3.61. The summed E-state index contributed by atoms with van der Waals surface area (Å²) < 4.78 is 21.9. The zero-order valence-electron chi connectivity index (χ0n) is 18.6. The van der Waals surface area contributed by atoms with E-state index in [1.165, 1.54) is 6.20 Å². The highest BCUT2D eigenvalue weighted by molar-refractivity contribution is 5.68. The van der Waals surface area contributed by atoms with Gasteiger partial charge in [0.05, 0.1) is 18.1 Å². The van der Waals surface area contributed by atoms with Gasteiger partial charge in [0.2, 0.25) is 5.95 Å². The van der Waals surface area contributed by atoms with Crippen LogP contribution in [-0.4, -0.2) is 55.2 Å². The number of amides is 1. The number of ether oxygens (including phenoxy) is 1. The first-order chi connectivity index (χ1) is 14.0. The van der Waals surface area contributed by atoms with Crippen molar-refractivity contribution >= 4 is 12.0 Å². The Morgan fingerprint density at radius 2 is 1.90 bits per heavy atom. The molecule has 0 saturated carbocycles. The number of nitrogens with zero attached hydrogens (tertiary/aromatic N) is 5. The molecule has 3 rings (SSSR count). The molecule has 0 aromatic carbocycles. The van der Waals surface area contributed by atoms with Crippen molar-refractivity contribution in [2.45, 2.75) is 72.1 Å². The Balaban J connectivity index is 1.68. The van der Waals surface area contributed by atoms with Crippen LogP contribution in [0.2, 0.25) is 0 Å². The van der Waals surface area contributed by atoms with E-state index in [2.05, 4.69) is 20.3 Å². The first-order valence-corrected chi connectivity index (χ1v) is 10.4. The highest BCUT2D eigenvalue weighted by atomic mass is 19.1. The number of hydrogen-bond donors (Lipinski definition) is 1. The Morgan fingerprint density at radius 1 is 1.23 bits per heavy atom. The van der Waals surface area contributed by atoms with Gasteiger partial charge in [0.1, 0.15) is 17.1 Å². The number of aryl methyl sites for hydroxylation is 1. The minimum atomic E-state index is -0.509. The van der Waals surface area contributed by atoms with Gasteiger partial charge in [0, 0.05) is 25.2 Å². The van der Waals surface area contributed by atoms with Crippen LogP contribution in [0, 0.1) is 12.7 Å². The van der Waals surface area contributed by atoms with Crippen LogP contribution in [0.1, 0.15) is 59.3 Å². The van der Waals surface area contributed by atoms with Gasteiger partial charge < -0.3 is 19.5 Å². The van der Waals surface area contributed by atoms with Gasteiger partial charge in [-0.2, -0.15) is 0 Å². The third-order valence-electron chi connectivity index (χ3n) is 4.96. The summed E-state index contributed by atoms with van der Waals surface area (Å²) in [4.78, 5) is 26.8. The van der Waals surface area contributed by atoms with E-state index in [0.29, 0.717) is 24.7 Å². The summed E-state index contributed by atoms with van der Waals surface area (Å²) in [5.41, 5.74) is 0.351. The number of nitrogens with one attached hydrogen (secondary N) is 1. The number of piperidine rings is 1. The quantitative estimate of drug-likeness (QED) is 0.802. The first kappa shape index (κ1) is 22.0. The lowest BCUT2D eigenvalue weighted by Gasteiger charge is -2.33. The normalized spacial score (nSPS) is 15.5. The van der Waals surface area contributed by atoms with Crippen molar-refractivity contribution in [2.24, 2.45) is 0 Å². The second kappa shape index (κ2) is 8.57. The van der Waals surface area contributed by atoms with Gasteiger partial charge in [-0.25, -0.2) is 24.1 Å². The topological polar surface area (TPSA) is 85.2 Å². The van der Waals surface area contributed by atoms with E-state index in [1.807, 2.05) is 46.1 Å². The minimum Gasteiger partial charge on any atom is -0.444 e. The maximum Gasteiger partial charge on any atom is 0.410 e. The van der Waals surface area contributed by atoms with Gasteiger partial charge in [0.25, 0.3) is 0 Å². The highest BCUT2D eigenvalue weighted by Crippen LogP contribution is 2.26. The lowest BCUT2D eigenvalue weighted by Crippen LogP contribution is -2.44. The molecule has 1 fully saturated rings. The van der Waals surface area contributed by atoms with Gasteiger partial charge in [-0.05, 0) is 54.4 Å². The van der Waals surface area contributed by atoms with Crippen molar-refractivity contribution in [2.75, 3.05) is 18.4 Å². The Kier molecular flexibility index (Phi) is 6.28. The van der Waals surface area contributed by atoms with E-state index in [4.69, 9.17) is 4.74 Å². The zero-order chi connectivity index (χ0) is 22.1. The summed E-state index contributed by atoms with van der Waals surface area (Å²) >= 11 is 0. The molecule has 1 aliphatic heterocycles. The maximum absolute atomic E-state index is 14.5. The van der Waals surface area contributed by atoms with Gasteiger partial charge >= 0.3 is 6.09 Å². The van der Waals surface area contributed by atoms with Crippen molar-refractivity contribution in [1.82, 2.24) is 24.4 Å². The molecule has 8 nitrogen and oxygen atoms in total. The molecule has 0 atom stereocenters. The Labute approximate surface area is 176 Å². The number of carbonyl (C=O) groups excluding carboxylic acids is 1. The minimum absolute atomic E-state index is 0.0961. The molecule has 1 N–H and O–H groups in total. The summed E-state index contributed by atoms with van der Waals surface area (Å²) in [7, 11) is 0. The molecule has 30 heavy (non-hydrogen) atoms. The molecule has 9 heteroatoms. The van der Waals surface area contributed by atoms with Gasteiger partial charge in [0.15, 0.2) is 5.82 Å². The van der Waals surface area contributed by atoms with Crippen molar-refractivity contribution in [3.63, 3.8) is 0 Å². The van der Waals surface area contributed by atoms with Crippen LogP contribution in [0.5, 0.6) is 0 Å². The Hall–Kier alpha value is -2.71. The zero-order valence-corrected chi connectivity index (χ0v) is 18.6. The van der Waals surface area contributed by atoms with E-state index in [-0.39, 0.29) is 23.9 Å². The third-order valence-corrected chi connectivity index (χ3v) is 4.96. The lowest BCUT2D eigenvalue weighted by atomic mass is 10.1. The smallest absolute Gasteiger partial charge is 0.410 e. The Bertz CT molecular complexity index is 897. The van der Waals surface area contributed by atoms with Crippen molar-refractivity contribution < 1.29 is 13.9 Å². The molecule has 1 saturated heterocycles. The number of halogens is 1. The fourth-order valence-corrected chi connectivity index (χ4v) is 3.61. The number of likely N-dealkylation sites (tertiary alicyclic amines) is 1. The molecule has 1 aliphatic rings. The van der Waals surface area contributed by atoms with Gasteiger partial charge in [-0.1, -0.05) is 0 Å². The molecule has 0 bridgehead atoms. The van der Waals surface area contributed by atoms with Crippen LogP contribution in [0.15, 0.2) is 12.4 Å². The molecule has 164 valence electrons. The molecular formula is C21H31FN6O2. The standard InChI is InChI=1S/C21H31FN6O2/c1-13(2)28-14(3)23-12-17(28)18-16(22)11-24-19(26-18)25-15-7-9-27(10-8-15)20(29)30-21(4,5)6/h11-13,15H,7-10H2,1-6H3,(H,24,25,26). The van der Waals surface area contributed by atoms with Crippen LogP contribution in [0.4, 0.5) is 15.1 Å². The molecule has 2 aromatic rings.